The lowest BCUT2D eigenvalue weighted by Gasteiger charge is -2.31. The van der Waals surface area contributed by atoms with Crippen molar-refractivity contribution < 1.29 is 60.1 Å². The number of nitrogens with zero attached hydrogens (tertiary/aromatic N) is 3. The number of esters is 1. The molecule has 0 spiro atoms. The van der Waals surface area contributed by atoms with Gasteiger partial charge in [0.1, 0.15) is 5.01 Å². The van der Waals surface area contributed by atoms with Gasteiger partial charge in [0.15, 0.2) is 0 Å². The third kappa shape index (κ3) is 10.3. The number of carboxylic acid groups (broad SMARTS) is 2. The fraction of sp³-hybridized carbons (Fsp3) is 0.583. The van der Waals surface area contributed by atoms with E-state index in [4.69, 9.17) is 29.0 Å². The third-order valence-electron chi connectivity index (χ3n) is 6.34. The number of carbonyl (C=O) groups excluding carboxylic acids is 1. The molecule has 2 aromatic heterocycles. The SMILES string of the molecule is CCOC(=O)[C@]12CCCN(Cc3nccs3)C[C@H]1CN(Cc1ccoc1)C2.O=C(O)C(F)(F)F.O=C(O)C(F)(F)F. The zero-order valence-corrected chi connectivity index (χ0v) is 22.6. The fourth-order valence-corrected chi connectivity index (χ4v) is 5.31. The van der Waals surface area contributed by atoms with E-state index in [-0.39, 0.29) is 11.9 Å². The molecule has 0 aromatic carbocycles. The lowest BCUT2D eigenvalue weighted by molar-refractivity contribution is -0.193. The lowest BCUT2D eigenvalue weighted by Crippen LogP contribution is -2.42. The van der Waals surface area contributed by atoms with Crippen LogP contribution in [0.5, 0.6) is 0 Å². The number of hydrogen-bond acceptors (Lipinski definition) is 9. The first-order valence-corrected chi connectivity index (χ1v) is 13.1. The molecule has 0 aliphatic carbocycles. The molecule has 0 saturated carbocycles. The molecule has 2 aliphatic rings. The van der Waals surface area contributed by atoms with E-state index in [1.807, 2.05) is 24.6 Å². The van der Waals surface area contributed by atoms with Crippen molar-refractivity contribution in [3.05, 3.63) is 40.7 Å². The quantitative estimate of drug-likeness (QED) is 0.358. The van der Waals surface area contributed by atoms with Gasteiger partial charge in [-0.25, -0.2) is 14.6 Å². The van der Waals surface area contributed by atoms with Gasteiger partial charge >= 0.3 is 30.3 Å². The van der Waals surface area contributed by atoms with Gasteiger partial charge in [-0.2, -0.15) is 26.3 Å². The highest BCUT2D eigenvalue weighted by Gasteiger charge is 2.54. The van der Waals surface area contributed by atoms with Crippen LogP contribution >= 0.6 is 11.3 Å². The summed E-state index contributed by atoms with van der Waals surface area (Å²) in [6, 6.07) is 2.00. The highest BCUT2D eigenvalue weighted by Crippen LogP contribution is 2.44. The molecule has 0 bridgehead atoms. The van der Waals surface area contributed by atoms with E-state index in [0.29, 0.717) is 6.61 Å². The van der Waals surface area contributed by atoms with Gasteiger partial charge in [0, 0.05) is 49.2 Å². The summed E-state index contributed by atoms with van der Waals surface area (Å²) in [5.74, 6) is -5.24. The van der Waals surface area contributed by atoms with Crippen molar-refractivity contribution in [2.45, 2.75) is 45.2 Å². The van der Waals surface area contributed by atoms with Crippen LogP contribution < -0.4 is 0 Å². The molecule has 0 unspecified atom stereocenters. The van der Waals surface area contributed by atoms with Crippen LogP contribution in [0.15, 0.2) is 34.6 Å². The highest BCUT2D eigenvalue weighted by molar-refractivity contribution is 7.09. The fourth-order valence-electron chi connectivity index (χ4n) is 4.65. The maximum Gasteiger partial charge on any atom is 0.490 e. The number of aromatic nitrogens is 1. The number of furan rings is 1. The van der Waals surface area contributed by atoms with E-state index in [1.165, 1.54) is 0 Å². The number of fused-ring (bicyclic) bond motifs is 1. The molecule has 41 heavy (non-hydrogen) atoms. The molecule has 2 aromatic rings. The van der Waals surface area contributed by atoms with Crippen LogP contribution in [0.4, 0.5) is 26.3 Å². The first-order valence-electron chi connectivity index (χ1n) is 12.2. The molecule has 4 heterocycles. The van der Waals surface area contributed by atoms with E-state index < -0.39 is 29.7 Å². The maximum absolute atomic E-state index is 13.0. The third-order valence-corrected chi connectivity index (χ3v) is 7.10. The first-order chi connectivity index (χ1) is 19.1. The Bertz CT molecular complexity index is 1090. The number of likely N-dealkylation sites (tertiary alicyclic amines) is 2. The molecule has 4 rings (SSSR count). The smallest absolute Gasteiger partial charge is 0.475 e. The monoisotopic (exact) mass is 617 g/mol. The number of rotatable bonds is 6. The number of thiazole rings is 1. The van der Waals surface area contributed by atoms with Gasteiger partial charge in [0.05, 0.1) is 31.1 Å². The van der Waals surface area contributed by atoms with Gasteiger partial charge in [0.2, 0.25) is 0 Å². The summed E-state index contributed by atoms with van der Waals surface area (Å²) in [6.07, 6.45) is -2.89. The molecular weight excluding hydrogens is 588 g/mol. The molecule has 17 heteroatoms. The van der Waals surface area contributed by atoms with Crippen LogP contribution in [-0.4, -0.2) is 88.0 Å². The number of hydrogen-bond donors (Lipinski definition) is 2. The predicted molar refractivity (Wildman–Crippen MR) is 131 cm³/mol. The van der Waals surface area contributed by atoms with E-state index in [9.17, 15) is 31.1 Å². The Morgan fingerprint density at radius 3 is 2.20 bits per heavy atom. The Hall–Kier alpha value is -3.18. The minimum Gasteiger partial charge on any atom is -0.475 e. The zero-order chi connectivity index (χ0) is 30.8. The molecular formula is C24H29F6N3O7S. The Morgan fingerprint density at radius 1 is 1.10 bits per heavy atom. The highest BCUT2D eigenvalue weighted by atomic mass is 32.1. The summed E-state index contributed by atoms with van der Waals surface area (Å²) in [7, 11) is 0. The zero-order valence-electron chi connectivity index (χ0n) is 21.8. The average Bonchev–Trinajstić information content (AvgIpc) is 3.61. The Kier molecular flexibility index (Phi) is 12.1. The molecule has 0 amide bonds. The Labute approximate surface area is 234 Å². The van der Waals surface area contributed by atoms with Crippen molar-refractivity contribution in [2.75, 3.05) is 32.8 Å². The second-order valence-corrected chi connectivity index (χ2v) is 10.2. The number of halogens is 6. The molecule has 0 radical (unpaired) electrons. The second-order valence-electron chi connectivity index (χ2n) is 9.25. The first kappa shape index (κ1) is 34.0. The Morgan fingerprint density at radius 2 is 1.71 bits per heavy atom. The van der Waals surface area contributed by atoms with Crippen molar-refractivity contribution in [1.29, 1.82) is 0 Å². The minimum absolute atomic E-state index is 0.0132. The molecule has 2 N–H and O–H groups in total. The number of carboxylic acids is 2. The van der Waals surface area contributed by atoms with Crippen molar-refractivity contribution in [3.63, 3.8) is 0 Å². The lowest BCUT2D eigenvalue weighted by atomic mass is 9.75. The van der Waals surface area contributed by atoms with Crippen LogP contribution in [0.3, 0.4) is 0 Å². The van der Waals surface area contributed by atoms with E-state index >= 15 is 0 Å². The van der Waals surface area contributed by atoms with Gasteiger partial charge < -0.3 is 19.4 Å². The number of ether oxygens (including phenoxy) is 1. The maximum atomic E-state index is 13.0. The number of aliphatic carboxylic acids is 2. The summed E-state index contributed by atoms with van der Waals surface area (Å²) in [6.45, 7) is 7.64. The van der Waals surface area contributed by atoms with Gasteiger partial charge in [0.25, 0.3) is 0 Å². The van der Waals surface area contributed by atoms with Crippen molar-refractivity contribution in [3.8, 4) is 0 Å². The van der Waals surface area contributed by atoms with Gasteiger partial charge in [-0.3, -0.25) is 14.6 Å². The molecule has 2 atom stereocenters. The van der Waals surface area contributed by atoms with Gasteiger partial charge in [-0.1, -0.05) is 0 Å². The second kappa shape index (κ2) is 14.6. The van der Waals surface area contributed by atoms with Gasteiger partial charge in [-0.15, -0.1) is 11.3 Å². The number of alkyl halides is 6. The number of carbonyl (C=O) groups is 3. The summed E-state index contributed by atoms with van der Waals surface area (Å²) in [5, 5.41) is 17.4. The molecule has 2 aliphatic heterocycles. The van der Waals surface area contributed by atoms with Crippen molar-refractivity contribution >= 4 is 29.2 Å². The van der Waals surface area contributed by atoms with Crippen LogP contribution in [0.2, 0.25) is 0 Å². The van der Waals surface area contributed by atoms with Gasteiger partial charge in [-0.05, 0) is 32.4 Å². The van der Waals surface area contributed by atoms with E-state index in [0.717, 1.165) is 62.7 Å². The van der Waals surface area contributed by atoms with Crippen LogP contribution in [0.1, 0.15) is 30.3 Å². The normalized spacial score (nSPS) is 21.4. The predicted octanol–water partition coefficient (Wildman–Crippen LogP) is 4.28. The Balaban J connectivity index is 0.000000349. The molecule has 2 saturated heterocycles. The largest absolute Gasteiger partial charge is 0.490 e. The van der Waals surface area contributed by atoms with E-state index in [1.54, 1.807) is 23.9 Å². The van der Waals surface area contributed by atoms with Crippen molar-refractivity contribution in [2.24, 2.45) is 11.3 Å². The summed E-state index contributed by atoms with van der Waals surface area (Å²) >= 11 is 1.70. The molecule has 230 valence electrons. The summed E-state index contributed by atoms with van der Waals surface area (Å²) in [4.78, 5) is 40.1. The molecule has 10 nitrogen and oxygen atoms in total. The summed E-state index contributed by atoms with van der Waals surface area (Å²) in [5.41, 5.74) is 0.766. The van der Waals surface area contributed by atoms with Crippen molar-refractivity contribution in [1.82, 2.24) is 14.8 Å². The molecule has 2 fully saturated rings. The van der Waals surface area contributed by atoms with Crippen LogP contribution in [0, 0.1) is 11.3 Å². The average molecular weight is 618 g/mol. The van der Waals surface area contributed by atoms with Crippen LogP contribution in [0.25, 0.3) is 0 Å². The topological polar surface area (TPSA) is 133 Å². The minimum atomic E-state index is -5.08. The van der Waals surface area contributed by atoms with E-state index in [2.05, 4.69) is 14.8 Å². The summed E-state index contributed by atoms with van der Waals surface area (Å²) < 4.78 is 74.2. The van der Waals surface area contributed by atoms with Crippen LogP contribution in [-0.2, 0) is 32.2 Å². The standard InChI is InChI=1S/C20H27N3O3S.2C2HF3O2/c1-2-26-19(24)20-5-3-7-22(13-18-21-6-9-27-18)11-17(20)12-23(15-20)10-16-4-8-25-14-16;2*3-2(4,5)1(6)7/h4,6,8-9,14,17H,2-3,5,7,10-13,15H2,1H3;2*(H,6,7)/t17-,20-;;/m0../s1.